The molecule has 6 nitrogen and oxygen atoms in total. The Labute approximate surface area is 148 Å². The fourth-order valence-corrected chi connectivity index (χ4v) is 2.65. The number of nitro benzene ring substituents is 1. The van der Waals surface area contributed by atoms with Crippen molar-refractivity contribution in [2.75, 3.05) is 11.9 Å². The molecule has 1 amide bonds. The summed E-state index contributed by atoms with van der Waals surface area (Å²) in [5, 5.41) is 13.6. The Kier molecular flexibility index (Phi) is 5.92. The van der Waals surface area contributed by atoms with Crippen LogP contribution < -0.4 is 10.1 Å². The van der Waals surface area contributed by atoms with Gasteiger partial charge in [0, 0.05) is 6.07 Å². The molecule has 0 aromatic heterocycles. The van der Waals surface area contributed by atoms with Crippen LogP contribution in [0.2, 0.25) is 0 Å². The van der Waals surface area contributed by atoms with Gasteiger partial charge in [-0.25, -0.2) is 0 Å². The molecule has 2 rings (SSSR count). The molecule has 0 aliphatic carbocycles. The Balaban J connectivity index is 2.03. The first-order valence-electron chi connectivity index (χ1n) is 7.36. The van der Waals surface area contributed by atoms with Crippen LogP contribution in [0.3, 0.4) is 0 Å². The monoisotopic (exact) mass is 392 g/mol. The van der Waals surface area contributed by atoms with E-state index in [-0.39, 0.29) is 18.0 Å². The normalized spacial score (nSPS) is 10.3. The highest BCUT2D eigenvalue weighted by Gasteiger charge is 2.16. The van der Waals surface area contributed by atoms with Crippen molar-refractivity contribution >= 4 is 33.2 Å². The van der Waals surface area contributed by atoms with E-state index in [1.54, 1.807) is 19.1 Å². The van der Waals surface area contributed by atoms with E-state index in [1.807, 2.05) is 19.1 Å². The van der Waals surface area contributed by atoms with Crippen LogP contribution in [0.1, 0.15) is 18.1 Å². The Bertz CT molecular complexity index is 777. The second kappa shape index (κ2) is 7.92. The molecule has 0 fully saturated rings. The number of carbonyl (C=O) groups is 1. The van der Waals surface area contributed by atoms with Crippen LogP contribution in [0.25, 0.3) is 0 Å². The van der Waals surface area contributed by atoms with Crippen molar-refractivity contribution in [1.82, 2.24) is 0 Å². The summed E-state index contributed by atoms with van der Waals surface area (Å²) >= 11 is 3.40. The number of nitrogens with one attached hydrogen (secondary N) is 1. The topological polar surface area (TPSA) is 81.5 Å². The van der Waals surface area contributed by atoms with E-state index in [9.17, 15) is 14.9 Å². The number of halogens is 1. The predicted octanol–water partition coefficient (Wildman–Crippen LogP) is 4.25. The van der Waals surface area contributed by atoms with Crippen molar-refractivity contribution in [3.63, 3.8) is 0 Å². The van der Waals surface area contributed by atoms with Gasteiger partial charge in [0.05, 0.1) is 9.40 Å². The van der Waals surface area contributed by atoms with Crippen LogP contribution in [0.5, 0.6) is 5.75 Å². The average molecular weight is 393 g/mol. The number of benzene rings is 2. The zero-order valence-corrected chi connectivity index (χ0v) is 14.9. The van der Waals surface area contributed by atoms with Crippen LogP contribution in [-0.4, -0.2) is 17.4 Å². The van der Waals surface area contributed by atoms with Crippen LogP contribution >= 0.6 is 15.9 Å². The van der Waals surface area contributed by atoms with Crippen molar-refractivity contribution in [1.29, 1.82) is 0 Å². The molecule has 2 aromatic rings. The molecule has 0 aliphatic heterocycles. The quantitative estimate of drug-likeness (QED) is 0.588. The molecular weight excluding hydrogens is 376 g/mol. The zero-order valence-electron chi connectivity index (χ0n) is 13.3. The highest BCUT2D eigenvalue weighted by molar-refractivity contribution is 9.10. The molecule has 0 spiro atoms. The second-order valence-corrected chi connectivity index (χ2v) is 6.09. The minimum Gasteiger partial charge on any atom is -0.483 e. The zero-order chi connectivity index (χ0) is 17.7. The molecule has 0 saturated carbocycles. The van der Waals surface area contributed by atoms with Gasteiger partial charge in [-0.1, -0.05) is 19.1 Å². The fourth-order valence-electron chi connectivity index (χ4n) is 2.11. The van der Waals surface area contributed by atoms with Crippen molar-refractivity contribution in [3.8, 4) is 5.75 Å². The molecule has 126 valence electrons. The summed E-state index contributed by atoms with van der Waals surface area (Å²) in [6, 6.07) is 10.3. The molecule has 1 N–H and O–H groups in total. The van der Waals surface area contributed by atoms with Gasteiger partial charge < -0.3 is 10.1 Å². The number of anilines is 1. The Morgan fingerprint density at radius 3 is 2.67 bits per heavy atom. The summed E-state index contributed by atoms with van der Waals surface area (Å²) < 4.78 is 6.23. The number of nitro groups is 1. The van der Waals surface area contributed by atoms with Crippen molar-refractivity contribution in [2.45, 2.75) is 20.3 Å². The summed E-state index contributed by atoms with van der Waals surface area (Å²) in [6.45, 7) is 3.55. The Hall–Kier alpha value is -2.41. The van der Waals surface area contributed by atoms with E-state index in [1.165, 1.54) is 12.1 Å². The van der Waals surface area contributed by atoms with Gasteiger partial charge >= 0.3 is 0 Å². The number of rotatable bonds is 6. The maximum absolute atomic E-state index is 12.0. The number of aryl methyl sites for hydroxylation is 2. The van der Waals surface area contributed by atoms with E-state index in [0.29, 0.717) is 5.75 Å². The third kappa shape index (κ3) is 4.55. The van der Waals surface area contributed by atoms with E-state index in [4.69, 9.17) is 4.74 Å². The molecule has 2 aromatic carbocycles. The van der Waals surface area contributed by atoms with Gasteiger partial charge in [-0.15, -0.1) is 0 Å². The minimum atomic E-state index is -0.524. The molecule has 0 unspecified atom stereocenters. The maximum Gasteiger partial charge on any atom is 0.293 e. The SMILES string of the molecule is CCc1ccc(OCC(=O)Nc2ccc(C)cc2[N+](=O)[O-])c(Br)c1. The van der Waals surface area contributed by atoms with E-state index in [2.05, 4.69) is 21.2 Å². The number of hydrogen-bond donors (Lipinski definition) is 1. The summed E-state index contributed by atoms with van der Waals surface area (Å²) in [7, 11) is 0. The lowest BCUT2D eigenvalue weighted by molar-refractivity contribution is -0.384. The van der Waals surface area contributed by atoms with E-state index < -0.39 is 10.8 Å². The first-order chi connectivity index (χ1) is 11.4. The Morgan fingerprint density at radius 1 is 1.29 bits per heavy atom. The molecule has 0 aliphatic rings. The highest BCUT2D eigenvalue weighted by atomic mass is 79.9. The minimum absolute atomic E-state index is 0.142. The molecule has 0 atom stereocenters. The molecule has 7 heteroatoms. The van der Waals surface area contributed by atoms with Gasteiger partial charge in [0.25, 0.3) is 11.6 Å². The van der Waals surface area contributed by atoms with Gasteiger partial charge in [0.1, 0.15) is 11.4 Å². The number of hydrogen-bond acceptors (Lipinski definition) is 4. The van der Waals surface area contributed by atoms with Crippen LogP contribution in [-0.2, 0) is 11.2 Å². The van der Waals surface area contributed by atoms with Crippen molar-refractivity contribution < 1.29 is 14.5 Å². The summed E-state index contributed by atoms with van der Waals surface area (Å²) in [5.41, 5.74) is 1.90. The summed E-state index contributed by atoms with van der Waals surface area (Å²) in [6.07, 6.45) is 0.899. The predicted molar refractivity (Wildman–Crippen MR) is 95.5 cm³/mol. The smallest absolute Gasteiger partial charge is 0.293 e. The standard InChI is InChI=1S/C17H17BrN2O4/c1-3-12-5-7-16(13(18)9-12)24-10-17(21)19-14-6-4-11(2)8-15(14)20(22)23/h4-9H,3,10H2,1-2H3,(H,19,21). The van der Waals surface area contributed by atoms with Crippen molar-refractivity contribution in [3.05, 3.63) is 62.1 Å². The second-order valence-electron chi connectivity index (χ2n) is 5.23. The van der Waals surface area contributed by atoms with Crippen LogP contribution in [0.4, 0.5) is 11.4 Å². The van der Waals surface area contributed by atoms with Gasteiger partial charge in [0.15, 0.2) is 6.61 Å². The van der Waals surface area contributed by atoms with E-state index >= 15 is 0 Å². The summed E-state index contributed by atoms with van der Waals surface area (Å²) in [5.74, 6) is 0.0779. The van der Waals surface area contributed by atoms with Gasteiger partial charge in [-0.05, 0) is 58.6 Å². The van der Waals surface area contributed by atoms with Crippen molar-refractivity contribution in [2.24, 2.45) is 0 Å². The molecular formula is C17H17BrN2O4. The molecule has 0 radical (unpaired) electrons. The molecule has 0 bridgehead atoms. The maximum atomic E-state index is 12.0. The number of carbonyl (C=O) groups excluding carboxylic acids is 1. The average Bonchev–Trinajstić information content (AvgIpc) is 2.55. The van der Waals surface area contributed by atoms with Gasteiger partial charge in [-0.2, -0.15) is 0 Å². The summed E-state index contributed by atoms with van der Waals surface area (Å²) in [4.78, 5) is 22.5. The fraction of sp³-hybridized carbons (Fsp3) is 0.235. The largest absolute Gasteiger partial charge is 0.483 e. The van der Waals surface area contributed by atoms with Gasteiger partial charge in [0.2, 0.25) is 0 Å². The lowest BCUT2D eigenvalue weighted by Crippen LogP contribution is -2.20. The third-order valence-electron chi connectivity index (χ3n) is 3.39. The Morgan fingerprint density at radius 2 is 2.04 bits per heavy atom. The number of ether oxygens (including phenoxy) is 1. The number of nitrogens with zero attached hydrogens (tertiary/aromatic N) is 1. The van der Waals surface area contributed by atoms with Gasteiger partial charge in [-0.3, -0.25) is 14.9 Å². The lowest BCUT2D eigenvalue weighted by atomic mass is 10.2. The van der Waals surface area contributed by atoms with Crippen LogP contribution in [0, 0.1) is 17.0 Å². The molecule has 0 saturated heterocycles. The number of amides is 1. The van der Waals surface area contributed by atoms with Crippen LogP contribution in [0.15, 0.2) is 40.9 Å². The highest BCUT2D eigenvalue weighted by Crippen LogP contribution is 2.27. The first kappa shape index (κ1) is 17.9. The lowest BCUT2D eigenvalue weighted by Gasteiger charge is -2.10. The molecule has 24 heavy (non-hydrogen) atoms. The third-order valence-corrected chi connectivity index (χ3v) is 4.01. The first-order valence-corrected chi connectivity index (χ1v) is 8.16. The van der Waals surface area contributed by atoms with E-state index in [0.717, 1.165) is 22.0 Å². The molecule has 0 heterocycles.